The zero-order chi connectivity index (χ0) is 11.4. The Labute approximate surface area is 104 Å². The lowest BCUT2D eigenvalue weighted by Gasteiger charge is -2.20. The van der Waals surface area contributed by atoms with E-state index in [0.29, 0.717) is 13.1 Å². The molecule has 0 spiro atoms. The molecule has 0 atom stereocenters. The molecule has 0 radical (unpaired) electrons. The molecular formula is C12H15BrN2O. The van der Waals surface area contributed by atoms with Crippen LogP contribution in [-0.2, 0) is 11.3 Å². The Hall–Kier alpha value is -0.870. The van der Waals surface area contributed by atoms with Crippen LogP contribution in [0.15, 0.2) is 28.7 Å². The number of nitrogens with zero attached hydrogens (tertiary/aromatic N) is 1. The fourth-order valence-corrected chi connectivity index (χ4v) is 2.24. The molecule has 4 heteroatoms. The van der Waals surface area contributed by atoms with Gasteiger partial charge in [-0.25, -0.2) is 0 Å². The molecule has 1 aromatic rings. The van der Waals surface area contributed by atoms with Gasteiger partial charge in [-0.05, 0) is 24.6 Å². The molecule has 1 aromatic carbocycles. The van der Waals surface area contributed by atoms with E-state index in [0.717, 1.165) is 29.5 Å². The van der Waals surface area contributed by atoms with E-state index in [2.05, 4.69) is 27.3 Å². The monoisotopic (exact) mass is 282 g/mol. The van der Waals surface area contributed by atoms with Crippen LogP contribution in [0.2, 0.25) is 0 Å². The lowest BCUT2D eigenvalue weighted by atomic mass is 10.2. The molecule has 1 aliphatic rings. The highest BCUT2D eigenvalue weighted by Gasteiger charge is 2.16. The summed E-state index contributed by atoms with van der Waals surface area (Å²) in [6, 6.07) is 8.05. The van der Waals surface area contributed by atoms with Gasteiger partial charge in [0.25, 0.3) is 0 Å². The number of hydrogen-bond donors (Lipinski definition) is 1. The van der Waals surface area contributed by atoms with E-state index in [1.165, 1.54) is 0 Å². The minimum atomic E-state index is 0.188. The van der Waals surface area contributed by atoms with Crippen molar-refractivity contribution in [1.82, 2.24) is 10.2 Å². The smallest absolute Gasteiger partial charge is 0.236 e. The summed E-state index contributed by atoms with van der Waals surface area (Å²) in [4.78, 5) is 13.7. The summed E-state index contributed by atoms with van der Waals surface area (Å²) in [7, 11) is 0. The third-order valence-corrected chi connectivity index (χ3v) is 3.50. The SMILES string of the molecule is O=C1CNCCCN1Cc1ccccc1Br. The largest absolute Gasteiger partial charge is 0.337 e. The van der Waals surface area contributed by atoms with Crippen LogP contribution < -0.4 is 5.32 Å². The predicted octanol–water partition coefficient (Wildman–Crippen LogP) is 1.77. The number of benzene rings is 1. The first-order valence-corrected chi connectivity index (χ1v) is 6.28. The van der Waals surface area contributed by atoms with Crippen LogP contribution in [0.3, 0.4) is 0 Å². The Kier molecular flexibility index (Phi) is 3.96. The first-order valence-electron chi connectivity index (χ1n) is 5.49. The molecule has 0 aliphatic carbocycles. The van der Waals surface area contributed by atoms with E-state index in [4.69, 9.17) is 0 Å². The van der Waals surface area contributed by atoms with Crippen LogP contribution in [0.5, 0.6) is 0 Å². The molecule has 0 bridgehead atoms. The van der Waals surface area contributed by atoms with Crippen molar-refractivity contribution in [3.05, 3.63) is 34.3 Å². The number of carbonyl (C=O) groups excluding carboxylic acids is 1. The minimum Gasteiger partial charge on any atom is -0.337 e. The molecule has 0 unspecified atom stereocenters. The van der Waals surface area contributed by atoms with Gasteiger partial charge in [0.05, 0.1) is 6.54 Å². The molecule has 2 rings (SSSR count). The predicted molar refractivity (Wildman–Crippen MR) is 67.0 cm³/mol. The number of rotatable bonds is 2. The van der Waals surface area contributed by atoms with Gasteiger partial charge < -0.3 is 10.2 Å². The average molecular weight is 283 g/mol. The van der Waals surface area contributed by atoms with E-state index in [1.807, 2.05) is 23.1 Å². The van der Waals surface area contributed by atoms with Crippen LogP contribution >= 0.6 is 15.9 Å². The fraction of sp³-hybridized carbons (Fsp3) is 0.417. The quantitative estimate of drug-likeness (QED) is 0.897. The molecule has 3 nitrogen and oxygen atoms in total. The Balaban J connectivity index is 2.08. The number of nitrogens with one attached hydrogen (secondary N) is 1. The van der Waals surface area contributed by atoms with E-state index in [1.54, 1.807) is 0 Å². The summed E-state index contributed by atoms with van der Waals surface area (Å²) in [6.45, 7) is 2.93. The van der Waals surface area contributed by atoms with E-state index in [-0.39, 0.29) is 5.91 Å². The second-order valence-corrected chi connectivity index (χ2v) is 4.79. The molecule has 0 saturated carbocycles. The molecule has 1 amide bonds. The van der Waals surface area contributed by atoms with E-state index in [9.17, 15) is 4.79 Å². The van der Waals surface area contributed by atoms with Crippen molar-refractivity contribution >= 4 is 21.8 Å². The van der Waals surface area contributed by atoms with Crippen LogP contribution in [0.1, 0.15) is 12.0 Å². The van der Waals surface area contributed by atoms with Crippen molar-refractivity contribution in [3.63, 3.8) is 0 Å². The van der Waals surface area contributed by atoms with Gasteiger partial charge in [0.1, 0.15) is 0 Å². The second kappa shape index (κ2) is 5.46. The van der Waals surface area contributed by atoms with Crippen LogP contribution in [0.25, 0.3) is 0 Å². The number of hydrogen-bond acceptors (Lipinski definition) is 2. The third-order valence-electron chi connectivity index (χ3n) is 2.73. The maximum Gasteiger partial charge on any atom is 0.236 e. The highest BCUT2D eigenvalue weighted by molar-refractivity contribution is 9.10. The topological polar surface area (TPSA) is 32.3 Å². The molecule has 1 N–H and O–H groups in total. The summed E-state index contributed by atoms with van der Waals surface area (Å²) in [5.41, 5.74) is 1.16. The highest BCUT2D eigenvalue weighted by atomic mass is 79.9. The summed E-state index contributed by atoms with van der Waals surface area (Å²) in [5, 5.41) is 3.12. The van der Waals surface area contributed by atoms with Crippen LogP contribution in [0, 0.1) is 0 Å². The van der Waals surface area contributed by atoms with Crippen LogP contribution in [-0.4, -0.2) is 30.4 Å². The summed E-state index contributed by atoms with van der Waals surface area (Å²) >= 11 is 3.51. The van der Waals surface area contributed by atoms with Crippen molar-refractivity contribution in [2.45, 2.75) is 13.0 Å². The molecule has 1 saturated heterocycles. The molecule has 1 fully saturated rings. The first kappa shape index (κ1) is 11.6. The maximum absolute atomic E-state index is 11.8. The molecular weight excluding hydrogens is 268 g/mol. The molecule has 1 heterocycles. The maximum atomic E-state index is 11.8. The summed E-state index contributed by atoms with van der Waals surface area (Å²) < 4.78 is 1.07. The van der Waals surface area contributed by atoms with Gasteiger partial charge >= 0.3 is 0 Å². The van der Waals surface area contributed by atoms with Gasteiger partial charge in [0.15, 0.2) is 0 Å². The Morgan fingerprint density at radius 3 is 3.00 bits per heavy atom. The van der Waals surface area contributed by atoms with Crippen molar-refractivity contribution in [2.75, 3.05) is 19.6 Å². The van der Waals surface area contributed by atoms with Crippen LogP contribution in [0.4, 0.5) is 0 Å². The summed E-state index contributed by atoms with van der Waals surface area (Å²) in [6.07, 6.45) is 1.02. The van der Waals surface area contributed by atoms with Gasteiger partial charge in [-0.1, -0.05) is 34.1 Å². The van der Waals surface area contributed by atoms with Gasteiger partial charge in [-0.2, -0.15) is 0 Å². The normalized spacial score (nSPS) is 17.3. The number of halogens is 1. The molecule has 0 aromatic heterocycles. The zero-order valence-corrected chi connectivity index (χ0v) is 10.7. The van der Waals surface area contributed by atoms with Crippen molar-refractivity contribution in [3.8, 4) is 0 Å². The molecule has 86 valence electrons. The van der Waals surface area contributed by atoms with Crippen molar-refractivity contribution in [2.24, 2.45) is 0 Å². The number of amides is 1. The Morgan fingerprint density at radius 1 is 1.38 bits per heavy atom. The van der Waals surface area contributed by atoms with Crippen molar-refractivity contribution in [1.29, 1.82) is 0 Å². The number of carbonyl (C=O) groups is 1. The van der Waals surface area contributed by atoms with Gasteiger partial charge in [-0.3, -0.25) is 4.79 Å². The summed E-state index contributed by atoms with van der Waals surface area (Å²) in [5.74, 6) is 0.188. The Bertz CT molecular complexity index is 381. The van der Waals surface area contributed by atoms with E-state index < -0.39 is 0 Å². The lowest BCUT2D eigenvalue weighted by Crippen LogP contribution is -2.34. The van der Waals surface area contributed by atoms with Crippen molar-refractivity contribution < 1.29 is 4.79 Å². The van der Waals surface area contributed by atoms with Gasteiger partial charge in [0, 0.05) is 17.6 Å². The molecule has 1 aliphatic heterocycles. The first-order chi connectivity index (χ1) is 7.77. The lowest BCUT2D eigenvalue weighted by molar-refractivity contribution is -0.130. The third kappa shape index (κ3) is 2.83. The Morgan fingerprint density at radius 2 is 2.19 bits per heavy atom. The van der Waals surface area contributed by atoms with E-state index >= 15 is 0 Å². The average Bonchev–Trinajstić information content (AvgIpc) is 2.48. The highest BCUT2D eigenvalue weighted by Crippen LogP contribution is 2.18. The second-order valence-electron chi connectivity index (χ2n) is 3.94. The zero-order valence-electron chi connectivity index (χ0n) is 9.08. The molecule has 16 heavy (non-hydrogen) atoms. The fourth-order valence-electron chi connectivity index (χ4n) is 1.83. The minimum absolute atomic E-state index is 0.188. The van der Waals surface area contributed by atoms with Gasteiger partial charge in [-0.15, -0.1) is 0 Å². The standard InChI is InChI=1S/C12H15BrN2O/c13-11-5-2-1-4-10(11)9-15-7-3-6-14-8-12(15)16/h1-2,4-5,14H,3,6-9H2. The van der Waals surface area contributed by atoms with Gasteiger partial charge in [0.2, 0.25) is 5.91 Å².